The number of rotatable bonds is 4. The van der Waals surface area contributed by atoms with Gasteiger partial charge in [-0.15, -0.1) is 0 Å². The number of carbonyl (C=O) groups excluding carboxylic acids is 1. The zero-order valence-corrected chi connectivity index (χ0v) is 11.1. The molecular formula is C15H21NO2. The smallest absolute Gasteiger partial charge is 0.313 e. The summed E-state index contributed by atoms with van der Waals surface area (Å²) in [6, 6.07) is 7.97. The van der Waals surface area contributed by atoms with Crippen LogP contribution in [0.4, 0.5) is 0 Å². The molecule has 0 bridgehead atoms. The summed E-state index contributed by atoms with van der Waals surface area (Å²) >= 11 is 0. The Morgan fingerprint density at radius 2 is 2.00 bits per heavy atom. The Labute approximate surface area is 108 Å². The van der Waals surface area contributed by atoms with Gasteiger partial charge >= 0.3 is 5.97 Å². The van der Waals surface area contributed by atoms with E-state index in [9.17, 15) is 4.79 Å². The van der Waals surface area contributed by atoms with Crippen LogP contribution in [0.2, 0.25) is 0 Å². The standard InChI is InChI=1S/C15H21NO2/c1-3-11-5-7-12(8-6-11)13(16)15(9-4-10-15)14(17)18-2/h5-8,13H,3-4,9-10,16H2,1-2H3. The van der Waals surface area contributed by atoms with E-state index in [2.05, 4.69) is 19.1 Å². The highest BCUT2D eigenvalue weighted by molar-refractivity contribution is 5.79. The molecule has 3 nitrogen and oxygen atoms in total. The molecule has 0 radical (unpaired) electrons. The van der Waals surface area contributed by atoms with Crippen molar-refractivity contribution in [1.82, 2.24) is 0 Å². The summed E-state index contributed by atoms with van der Waals surface area (Å²) in [5, 5.41) is 0. The second-order valence-electron chi connectivity index (χ2n) is 5.07. The number of hydrogen-bond donors (Lipinski definition) is 1. The molecule has 2 rings (SSSR count). The molecule has 18 heavy (non-hydrogen) atoms. The van der Waals surface area contributed by atoms with Gasteiger partial charge in [0.1, 0.15) is 0 Å². The van der Waals surface area contributed by atoms with Gasteiger partial charge < -0.3 is 10.5 Å². The van der Waals surface area contributed by atoms with Crippen LogP contribution in [0.5, 0.6) is 0 Å². The lowest BCUT2D eigenvalue weighted by Gasteiger charge is -2.43. The van der Waals surface area contributed by atoms with Gasteiger partial charge in [0.15, 0.2) is 0 Å². The zero-order chi connectivity index (χ0) is 13.2. The topological polar surface area (TPSA) is 52.3 Å². The van der Waals surface area contributed by atoms with Crippen molar-refractivity contribution in [2.75, 3.05) is 7.11 Å². The van der Waals surface area contributed by atoms with Crippen molar-refractivity contribution >= 4 is 5.97 Å². The molecule has 98 valence electrons. The van der Waals surface area contributed by atoms with E-state index in [0.29, 0.717) is 0 Å². The van der Waals surface area contributed by atoms with Crippen molar-refractivity contribution in [3.63, 3.8) is 0 Å². The molecule has 1 aliphatic carbocycles. The summed E-state index contributed by atoms with van der Waals surface area (Å²) in [6.45, 7) is 2.12. The van der Waals surface area contributed by atoms with E-state index in [1.54, 1.807) is 0 Å². The predicted octanol–water partition coefficient (Wildman–Crippen LogP) is 2.59. The van der Waals surface area contributed by atoms with Crippen molar-refractivity contribution in [3.05, 3.63) is 35.4 Å². The lowest BCUT2D eigenvalue weighted by atomic mass is 9.62. The van der Waals surface area contributed by atoms with Gasteiger partial charge in [-0.1, -0.05) is 37.6 Å². The number of methoxy groups -OCH3 is 1. The molecule has 1 fully saturated rings. The van der Waals surface area contributed by atoms with Crippen LogP contribution in [0.15, 0.2) is 24.3 Å². The van der Waals surface area contributed by atoms with Gasteiger partial charge in [0.2, 0.25) is 0 Å². The van der Waals surface area contributed by atoms with Crippen LogP contribution >= 0.6 is 0 Å². The summed E-state index contributed by atoms with van der Waals surface area (Å²) in [7, 11) is 1.44. The molecule has 0 aromatic heterocycles. The Hall–Kier alpha value is -1.35. The van der Waals surface area contributed by atoms with E-state index in [1.165, 1.54) is 12.7 Å². The van der Waals surface area contributed by atoms with E-state index in [4.69, 9.17) is 10.5 Å². The maximum atomic E-state index is 12.0. The average molecular weight is 247 g/mol. The Morgan fingerprint density at radius 3 is 2.39 bits per heavy atom. The summed E-state index contributed by atoms with van der Waals surface area (Å²) in [5.41, 5.74) is 8.11. The van der Waals surface area contributed by atoms with Crippen LogP contribution in [-0.4, -0.2) is 13.1 Å². The number of nitrogens with two attached hydrogens (primary N) is 1. The molecule has 2 N–H and O–H groups in total. The van der Waals surface area contributed by atoms with Crippen molar-refractivity contribution in [2.24, 2.45) is 11.1 Å². The number of aryl methyl sites for hydroxylation is 1. The fourth-order valence-corrected chi connectivity index (χ4v) is 2.68. The lowest BCUT2D eigenvalue weighted by Crippen LogP contribution is -2.47. The first-order chi connectivity index (χ1) is 8.64. The second-order valence-corrected chi connectivity index (χ2v) is 5.07. The maximum absolute atomic E-state index is 12.0. The number of esters is 1. The fraction of sp³-hybridized carbons (Fsp3) is 0.533. The Bertz CT molecular complexity index is 421. The number of carbonyl (C=O) groups is 1. The van der Waals surface area contributed by atoms with Gasteiger partial charge in [0, 0.05) is 6.04 Å². The first-order valence-corrected chi connectivity index (χ1v) is 6.57. The van der Waals surface area contributed by atoms with Crippen molar-refractivity contribution in [2.45, 2.75) is 38.6 Å². The second kappa shape index (κ2) is 5.11. The molecule has 1 aliphatic rings. The van der Waals surface area contributed by atoms with E-state index in [1.807, 2.05) is 12.1 Å². The highest BCUT2D eigenvalue weighted by atomic mass is 16.5. The molecule has 0 heterocycles. The van der Waals surface area contributed by atoms with Crippen LogP contribution < -0.4 is 5.73 Å². The van der Waals surface area contributed by atoms with E-state index in [-0.39, 0.29) is 12.0 Å². The third kappa shape index (κ3) is 2.03. The molecule has 1 aromatic carbocycles. The molecule has 0 aliphatic heterocycles. The van der Waals surface area contributed by atoms with Crippen molar-refractivity contribution in [1.29, 1.82) is 0 Å². The van der Waals surface area contributed by atoms with Crippen molar-refractivity contribution < 1.29 is 9.53 Å². The van der Waals surface area contributed by atoms with Crippen LogP contribution in [-0.2, 0) is 16.0 Å². The van der Waals surface area contributed by atoms with Gasteiger partial charge in [-0.3, -0.25) is 4.79 Å². The molecule has 1 aromatic rings. The Kier molecular flexibility index (Phi) is 3.71. The van der Waals surface area contributed by atoms with Crippen LogP contribution in [0.3, 0.4) is 0 Å². The molecule has 1 atom stereocenters. The van der Waals surface area contributed by atoms with Crippen molar-refractivity contribution in [3.8, 4) is 0 Å². The van der Waals surface area contributed by atoms with Crippen LogP contribution in [0.1, 0.15) is 43.4 Å². The summed E-state index contributed by atoms with van der Waals surface area (Å²) < 4.78 is 4.93. The number of benzene rings is 1. The number of hydrogen-bond acceptors (Lipinski definition) is 3. The largest absolute Gasteiger partial charge is 0.469 e. The summed E-state index contributed by atoms with van der Waals surface area (Å²) in [6.07, 6.45) is 3.72. The van der Waals surface area contributed by atoms with Gasteiger partial charge in [-0.2, -0.15) is 0 Å². The maximum Gasteiger partial charge on any atom is 0.313 e. The monoisotopic (exact) mass is 247 g/mol. The van der Waals surface area contributed by atoms with Crippen LogP contribution in [0.25, 0.3) is 0 Å². The minimum Gasteiger partial charge on any atom is -0.469 e. The van der Waals surface area contributed by atoms with Gasteiger partial charge in [-0.05, 0) is 30.4 Å². The molecular weight excluding hydrogens is 226 g/mol. The molecule has 1 unspecified atom stereocenters. The van der Waals surface area contributed by atoms with Gasteiger partial charge in [-0.25, -0.2) is 0 Å². The summed E-state index contributed by atoms with van der Waals surface area (Å²) in [5.74, 6) is -0.166. The highest BCUT2D eigenvalue weighted by Crippen LogP contribution is 2.50. The van der Waals surface area contributed by atoms with E-state index < -0.39 is 5.41 Å². The molecule has 0 saturated heterocycles. The van der Waals surface area contributed by atoms with E-state index in [0.717, 1.165) is 31.2 Å². The average Bonchev–Trinajstić information content (AvgIpc) is 2.37. The molecule has 0 spiro atoms. The first-order valence-electron chi connectivity index (χ1n) is 6.57. The minimum atomic E-state index is -0.498. The van der Waals surface area contributed by atoms with Crippen LogP contribution in [0, 0.1) is 5.41 Å². The molecule has 3 heteroatoms. The normalized spacial score (nSPS) is 18.8. The number of ether oxygens (including phenoxy) is 1. The quantitative estimate of drug-likeness (QED) is 0.832. The fourth-order valence-electron chi connectivity index (χ4n) is 2.68. The predicted molar refractivity (Wildman–Crippen MR) is 71.0 cm³/mol. The van der Waals surface area contributed by atoms with Gasteiger partial charge in [0.05, 0.1) is 12.5 Å². The lowest BCUT2D eigenvalue weighted by molar-refractivity contribution is -0.160. The van der Waals surface area contributed by atoms with Gasteiger partial charge in [0.25, 0.3) is 0 Å². The zero-order valence-electron chi connectivity index (χ0n) is 11.1. The molecule has 0 amide bonds. The summed E-state index contributed by atoms with van der Waals surface area (Å²) in [4.78, 5) is 12.0. The third-order valence-corrected chi connectivity index (χ3v) is 4.18. The minimum absolute atomic E-state index is 0.166. The Morgan fingerprint density at radius 1 is 1.39 bits per heavy atom. The van der Waals surface area contributed by atoms with E-state index >= 15 is 0 Å². The SMILES string of the molecule is CCc1ccc(C(N)C2(C(=O)OC)CCC2)cc1. The Balaban J connectivity index is 2.23. The first kappa shape index (κ1) is 13.1. The third-order valence-electron chi connectivity index (χ3n) is 4.18. The molecule has 1 saturated carbocycles. The highest BCUT2D eigenvalue weighted by Gasteiger charge is 2.50.